The van der Waals surface area contributed by atoms with Gasteiger partial charge in [0, 0.05) is 29.6 Å². The van der Waals surface area contributed by atoms with Crippen LogP contribution in [0.25, 0.3) is 6.08 Å². The first-order chi connectivity index (χ1) is 15.0. The lowest BCUT2D eigenvalue weighted by Gasteiger charge is -2.25. The molecule has 3 aromatic rings. The molecule has 0 N–H and O–H groups in total. The Morgan fingerprint density at radius 2 is 1.90 bits per heavy atom. The average molecular weight is 415 g/mol. The highest BCUT2D eigenvalue weighted by molar-refractivity contribution is 6.00. The Kier molecular flexibility index (Phi) is 5.98. The van der Waals surface area contributed by atoms with E-state index in [-0.39, 0.29) is 11.9 Å². The van der Waals surface area contributed by atoms with E-state index in [1.165, 1.54) is 6.08 Å². The van der Waals surface area contributed by atoms with Gasteiger partial charge < -0.3 is 9.64 Å². The van der Waals surface area contributed by atoms with Gasteiger partial charge in [0.1, 0.15) is 0 Å². The van der Waals surface area contributed by atoms with Gasteiger partial charge in [-0.3, -0.25) is 9.48 Å². The Bertz CT molecular complexity index is 1100. The molecule has 1 aromatic heterocycles. The van der Waals surface area contributed by atoms with Crippen LogP contribution >= 0.6 is 0 Å². The van der Waals surface area contributed by atoms with Crippen molar-refractivity contribution < 1.29 is 14.3 Å². The molecule has 6 nitrogen and oxygen atoms in total. The second kappa shape index (κ2) is 9.00. The van der Waals surface area contributed by atoms with Crippen molar-refractivity contribution in [2.75, 3.05) is 4.90 Å². The maximum Gasteiger partial charge on any atom is 0.331 e. The number of aromatic nitrogens is 2. The van der Waals surface area contributed by atoms with Crippen LogP contribution < -0.4 is 4.90 Å². The quantitative estimate of drug-likeness (QED) is 0.453. The molecule has 2 atom stereocenters. The molecule has 0 aliphatic carbocycles. The normalized spacial score (nSPS) is 16.3. The zero-order chi connectivity index (χ0) is 21.8. The Labute approximate surface area is 181 Å². The molecule has 0 saturated heterocycles. The molecule has 0 radical (unpaired) electrons. The van der Waals surface area contributed by atoms with E-state index < -0.39 is 12.1 Å². The van der Waals surface area contributed by atoms with E-state index in [1.807, 2.05) is 67.7 Å². The summed E-state index contributed by atoms with van der Waals surface area (Å²) in [5.41, 5.74) is 3.96. The summed E-state index contributed by atoms with van der Waals surface area (Å²) >= 11 is 0. The number of rotatable bonds is 6. The smallest absolute Gasteiger partial charge is 0.331 e. The van der Waals surface area contributed by atoms with Crippen molar-refractivity contribution in [2.24, 2.45) is 0 Å². The van der Waals surface area contributed by atoms with E-state index in [1.54, 1.807) is 28.8 Å². The van der Waals surface area contributed by atoms with Crippen LogP contribution in [0, 0.1) is 0 Å². The number of amides is 1. The summed E-state index contributed by atoms with van der Waals surface area (Å²) in [6.45, 7) is 4.26. The number of ether oxygens (including phenoxy) is 1. The zero-order valence-electron chi connectivity index (χ0n) is 17.6. The summed E-state index contributed by atoms with van der Waals surface area (Å²) in [7, 11) is 0. The molecule has 0 spiro atoms. The molecular formula is C25H25N3O3. The van der Waals surface area contributed by atoms with Crippen molar-refractivity contribution in [1.29, 1.82) is 0 Å². The third-order valence-electron chi connectivity index (χ3n) is 5.34. The molecule has 1 aliphatic rings. The zero-order valence-corrected chi connectivity index (χ0v) is 17.6. The van der Waals surface area contributed by atoms with Crippen LogP contribution in [0.3, 0.4) is 0 Å². The second-order valence-electron chi connectivity index (χ2n) is 7.76. The largest absolute Gasteiger partial charge is 0.449 e. The minimum absolute atomic E-state index is 0.0389. The fourth-order valence-corrected chi connectivity index (χ4v) is 3.85. The first-order valence-corrected chi connectivity index (χ1v) is 10.4. The number of nitrogens with zero attached hydrogens (tertiary/aromatic N) is 3. The summed E-state index contributed by atoms with van der Waals surface area (Å²) in [5, 5.41) is 4.31. The monoisotopic (exact) mass is 415 g/mol. The third-order valence-corrected chi connectivity index (χ3v) is 5.34. The van der Waals surface area contributed by atoms with E-state index in [0.717, 1.165) is 28.8 Å². The lowest BCUT2D eigenvalue weighted by molar-refractivity contribution is -0.149. The van der Waals surface area contributed by atoms with Crippen molar-refractivity contribution in [2.45, 2.75) is 39.0 Å². The van der Waals surface area contributed by atoms with Crippen molar-refractivity contribution in [1.82, 2.24) is 9.78 Å². The number of carbonyl (C=O) groups is 2. The van der Waals surface area contributed by atoms with Crippen LogP contribution in [0.15, 0.2) is 73.1 Å². The summed E-state index contributed by atoms with van der Waals surface area (Å²) in [5.74, 6) is -0.772. The van der Waals surface area contributed by atoms with Crippen molar-refractivity contribution >= 4 is 23.6 Å². The fraction of sp³-hybridized carbons (Fsp3) is 0.240. The molecule has 0 fully saturated rings. The van der Waals surface area contributed by atoms with Gasteiger partial charge in [-0.1, -0.05) is 48.5 Å². The number of carbonyl (C=O) groups excluding carboxylic acids is 2. The first-order valence-electron chi connectivity index (χ1n) is 10.4. The molecule has 0 saturated carbocycles. The fourth-order valence-electron chi connectivity index (χ4n) is 3.85. The number of hydrogen-bond acceptors (Lipinski definition) is 4. The SMILES string of the molecule is C[C@@H](OC(=O)/C=C/c1cnn(Cc2ccccc2)c1)C(=O)N1c2ccccc2C[C@@H]1C. The Morgan fingerprint density at radius 3 is 2.71 bits per heavy atom. The first kappa shape index (κ1) is 20.6. The van der Waals surface area contributed by atoms with Gasteiger partial charge in [-0.05, 0) is 43.5 Å². The minimum Gasteiger partial charge on any atom is -0.449 e. The summed E-state index contributed by atoms with van der Waals surface area (Å²) in [4.78, 5) is 26.9. The Morgan fingerprint density at radius 1 is 1.16 bits per heavy atom. The van der Waals surface area contributed by atoms with Gasteiger partial charge in [-0.15, -0.1) is 0 Å². The molecule has 6 heteroatoms. The molecule has 0 bridgehead atoms. The summed E-state index contributed by atoms with van der Waals surface area (Å²) in [6, 6.07) is 17.9. The van der Waals surface area contributed by atoms with Gasteiger partial charge in [0.15, 0.2) is 6.10 Å². The Balaban J connectivity index is 1.34. The number of para-hydroxylation sites is 1. The van der Waals surface area contributed by atoms with Gasteiger partial charge in [-0.25, -0.2) is 4.79 Å². The molecule has 1 amide bonds. The van der Waals surface area contributed by atoms with E-state index in [4.69, 9.17) is 4.74 Å². The predicted molar refractivity (Wildman–Crippen MR) is 119 cm³/mol. The lowest BCUT2D eigenvalue weighted by Crippen LogP contribution is -2.43. The number of anilines is 1. The molecule has 1 aliphatic heterocycles. The minimum atomic E-state index is -0.869. The van der Waals surface area contributed by atoms with Crippen LogP contribution in [-0.2, 0) is 27.3 Å². The topological polar surface area (TPSA) is 64.4 Å². The lowest BCUT2D eigenvalue weighted by atomic mass is 10.1. The molecule has 2 heterocycles. The highest BCUT2D eigenvalue weighted by atomic mass is 16.5. The predicted octanol–water partition coefficient (Wildman–Crippen LogP) is 3.85. The molecule has 0 unspecified atom stereocenters. The van der Waals surface area contributed by atoms with Crippen molar-refractivity contribution in [3.63, 3.8) is 0 Å². The van der Waals surface area contributed by atoms with Crippen LogP contribution in [0.2, 0.25) is 0 Å². The van der Waals surface area contributed by atoms with Gasteiger partial charge >= 0.3 is 5.97 Å². The standard InChI is InChI=1S/C25H25N3O3/c1-18-14-22-10-6-7-11-23(22)28(18)25(30)19(2)31-24(29)13-12-21-15-26-27(17-21)16-20-8-4-3-5-9-20/h3-13,15,17-19H,14,16H2,1-2H3/b13-12+/t18-,19+/m0/s1. The number of esters is 1. The third kappa shape index (κ3) is 4.74. The molecule has 2 aromatic carbocycles. The van der Waals surface area contributed by atoms with Gasteiger partial charge in [0.05, 0.1) is 12.7 Å². The second-order valence-corrected chi connectivity index (χ2v) is 7.76. The highest BCUT2D eigenvalue weighted by Crippen LogP contribution is 2.32. The molecular weight excluding hydrogens is 390 g/mol. The van der Waals surface area contributed by atoms with E-state index >= 15 is 0 Å². The van der Waals surface area contributed by atoms with E-state index in [9.17, 15) is 9.59 Å². The number of fused-ring (bicyclic) bond motifs is 1. The van der Waals surface area contributed by atoms with Crippen LogP contribution in [0.1, 0.15) is 30.5 Å². The highest BCUT2D eigenvalue weighted by Gasteiger charge is 2.34. The average Bonchev–Trinajstić information content (AvgIpc) is 3.35. The van der Waals surface area contributed by atoms with Crippen LogP contribution in [-0.4, -0.2) is 33.8 Å². The van der Waals surface area contributed by atoms with Gasteiger partial charge in [0.25, 0.3) is 5.91 Å². The number of hydrogen-bond donors (Lipinski definition) is 0. The maximum atomic E-state index is 12.9. The van der Waals surface area contributed by atoms with Crippen molar-refractivity contribution in [3.05, 3.63) is 89.8 Å². The summed E-state index contributed by atoms with van der Waals surface area (Å²) < 4.78 is 7.17. The van der Waals surface area contributed by atoms with Gasteiger partial charge in [-0.2, -0.15) is 5.10 Å². The van der Waals surface area contributed by atoms with Crippen LogP contribution in [0.5, 0.6) is 0 Å². The molecule has 31 heavy (non-hydrogen) atoms. The van der Waals surface area contributed by atoms with E-state index in [0.29, 0.717) is 6.54 Å². The molecule has 158 valence electrons. The Hall–Kier alpha value is -3.67. The summed E-state index contributed by atoms with van der Waals surface area (Å²) in [6.07, 6.45) is 6.44. The van der Waals surface area contributed by atoms with Crippen LogP contribution in [0.4, 0.5) is 5.69 Å². The van der Waals surface area contributed by atoms with Crippen molar-refractivity contribution in [3.8, 4) is 0 Å². The molecule has 4 rings (SSSR count). The maximum absolute atomic E-state index is 12.9. The van der Waals surface area contributed by atoms with Gasteiger partial charge in [0.2, 0.25) is 0 Å². The van der Waals surface area contributed by atoms with E-state index in [2.05, 4.69) is 5.10 Å². The number of benzene rings is 2.